The summed E-state index contributed by atoms with van der Waals surface area (Å²) in [6.45, 7) is 2.02. The van der Waals surface area contributed by atoms with Crippen LogP contribution >= 0.6 is 11.3 Å². The Morgan fingerprint density at radius 3 is 2.81 bits per heavy atom. The highest BCUT2D eigenvalue weighted by Gasteiger charge is 2.18. The standard InChI is InChI=1S/C20H17N3O2S/c1-11-5-3-6-12-9-15-16(21)18(26-20(15)23-17(11)12)19(24)22-13-7-4-8-14(10-13)25-2/h3-10H,21H2,1-2H3,(H,22,24). The summed E-state index contributed by atoms with van der Waals surface area (Å²) in [7, 11) is 1.59. The summed E-state index contributed by atoms with van der Waals surface area (Å²) < 4.78 is 5.19. The smallest absolute Gasteiger partial charge is 0.267 e. The zero-order valence-corrected chi connectivity index (χ0v) is 15.2. The van der Waals surface area contributed by atoms with Crippen molar-refractivity contribution < 1.29 is 9.53 Å². The lowest BCUT2D eigenvalue weighted by atomic mass is 10.1. The van der Waals surface area contributed by atoms with Crippen molar-refractivity contribution in [2.45, 2.75) is 6.92 Å². The second kappa shape index (κ2) is 6.31. The monoisotopic (exact) mass is 363 g/mol. The van der Waals surface area contributed by atoms with E-state index >= 15 is 0 Å². The number of hydrogen-bond acceptors (Lipinski definition) is 5. The number of aromatic nitrogens is 1. The number of benzene rings is 2. The SMILES string of the molecule is COc1cccc(NC(=O)c2sc3nc4c(C)cccc4cc3c2N)c1. The molecule has 0 radical (unpaired) electrons. The van der Waals surface area contributed by atoms with Crippen molar-refractivity contribution in [3.05, 3.63) is 59.0 Å². The lowest BCUT2D eigenvalue weighted by molar-refractivity contribution is 0.103. The van der Waals surface area contributed by atoms with Gasteiger partial charge >= 0.3 is 0 Å². The predicted molar refractivity (Wildman–Crippen MR) is 107 cm³/mol. The number of fused-ring (bicyclic) bond motifs is 2. The molecule has 3 N–H and O–H groups in total. The second-order valence-electron chi connectivity index (χ2n) is 6.02. The van der Waals surface area contributed by atoms with Crippen molar-refractivity contribution in [2.75, 3.05) is 18.2 Å². The summed E-state index contributed by atoms with van der Waals surface area (Å²) in [5.74, 6) is 0.426. The van der Waals surface area contributed by atoms with E-state index < -0.39 is 0 Å². The molecule has 0 aliphatic carbocycles. The van der Waals surface area contributed by atoms with Gasteiger partial charge in [0.25, 0.3) is 5.91 Å². The van der Waals surface area contributed by atoms with Crippen LogP contribution in [0.3, 0.4) is 0 Å². The molecule has 0 bridgehead atoms. The number of hydrogen-bond donors (Lipinski definition) is 2. The van der Waals surface area contributed by atoms with E-state index in [4.69, 9.17) is 15.5 Å². The van der Waals surface area contributed by atoms with Gasteiger partial charge in [-0.25, -0.2) is 4.98 Å². The molecule has 4 rings (SSSR count). The number of amides is 1. The summed E-state index contributed by atoms with van der Waals surface area (Å²) in [6.07, 6.45) is 0. The molecule has 0 aliphatic heterocycles. The van der Waals surface area contributed by atoms with Crippen LogP contribution in [0, 0.1) is 6.92 Å². The summed E-state index contributed by atoms with van der Waals surface area (Å²) in [5.41, 5.74) is 9.40. The van der Waals surface area contributed by atoms with Gasteiger partial charge in [0.05, 0.1) is 18.3 Å². The van der Waals surface area contributed by atoms with Gasteiger partial charge in [-0.2, -0.15) is 0 Å². The third kappa shape index (κ3) is 2.74. The molecule has 4 aromatic rings. The van der Waals surface area contributed by atoms with E-state index in [-0.39, 0.29) is 5.91 Å². The molecule has 0 atom stereocenters. The van der Waals surface area contributed by atoms with Gasteiger partial charge in [0.2, 0.25) is 0 Å². The number of carbonyl (C=O) groups excluding carboxylic acids is 1. The summed E-state index contributed by atoms with van der Waals surface area (Å²) in [6, 6.07) is 15.2. The van der Waals surface area contributed by atoms with Gasteiger partial charge in [0, 0.05) is 22.5 Å². The lowest BCUT2D eigenvalue weighted by Crippen LogP contribution is -2.11. The Hall–Kier alpha value is -3.12. The number of nitrogens with two attached hydrogens (primary N) is 1. The van der Waals surface area contributed by atoms with Crippen molar-refractivity contribution in [1.29, 1.82) is 0 Å². The highest BCUT2D eigenvalue weighted by Crippen LogP contribution is 2.35. The zero-order valence-electron chi connectivity index (χ0n) is 14.4. The number of ether oxygens (including phenoxy) is 1. The number of anilines is 2. The van der Waals surface area contributed by atoms with E-state index in [0.717, 1.165) is 26.7 Å². The number of thiophene rings is 1. The molecule has 0 saturated heterocycles. The maximum atomic E-state index is 12.7. The first-order chi connectivity index (χ1) is 12.6. The highest BCUT2D eigenvalue weighted by molar-refractivity contribution is 7.21. The van der Waals surface area contributed by atoms with Gasteiger partial charge < -0.3 is 15.8 Å². The number of methoxy groups -OCH3 is 1. The molecular formula is C20H17N3O2S. The number of nitrogen functional groups attached to an aromatic ring is 1. The van der Waals surface area contributed by atoms with Gasteiger partial charge in [0.1, 0.15) is 15.5 Å². The summed E-state index contributed by atoms with van der Waals surface area (Å²) >= 11 is 1.31. The molecule has 5 nitrogen and oxygen atoms in total. The van der Waals surface area contributed by atoms with E-state index in [1.54, 1.807) is 19.2 Å². The van der Waals surface area contributed by atoms with Crippen LogP contribution in [0.2, 0.25) is 0 Å². The largest absolute Gasteiger partial charge is 0.497 e. The van der Waals surface area contributed by atoms with E-state index in [1.165, 1.54) is 11.3 Å². The number of pyridine rings is 1. The van der Waals surface area contributed by atoms with Crippen LogP contribution < -0.4 is 15.8 Å². The van der Waals surface area contributed by atoms with Crippen molar-refractivity contribution >= 4 is 49.7 Å². The van der Waals surface area contributed by atoms with Gasteiger partial charge in [-0.1, -0.05) is 24.3 Å². The Morgan fingerprint density at radius 1 is 1.19 bits per heavy atom. The quantitative estimate of drug-likeness (QED) is 0.558. The molecule has 0 spiro atoms. The number of nitrogens with zero attached hydrogens (tertiary/aromatic N) is 1. The molecule has 0 fully saturated rings. The topological polar surface area (TPSA) is 77.2 Å². The van der Waals surface area contributed by atoms with E-state index in [9.17, 15) is 4.79 Å². The normalized spacial score (nSPS) is 11.0. The molecule has 2 heterocycles. The predicted octanol–water partition coefficient (Wildman–Crippen LogP) is 4.60. The fourth-order valence-corrected chi connectivity index (χ4v) is 3.90. The van der Waals surface area contributed by atoms with Crippen LogP contribution in [0.1, 0.15) is 15.2 Å². The Morgan fingerprint density at radius 2 is 2.00 bits per heavy atom. The fraction of sp³-hybridized carbons (Fsp3) is 0.100. The summed E-state index contributed by atoms with van der Waals surface area (Å²) in [4.78, 5) is 18.7. The fourth-order valence-electron chi connectivity index (χ4n) is 2.93. The third-order valence-electron chi connectivity index (χ3n) is 4.28. The third-order valence-corrected chi connectivity index (χ3v) is 5.39. The Kier molecular flexibility index (Phi) is 3.97. The minimum Gasteiger partial charge on any atom is -0.497 e. The van der Waals surface area contributed by atoms with Crippen LogP contribution in [0.25, 0.3) is 21.1 Å². The van der Waals surface area contributed by atoms with Crippen molar-refractivity contribution in [3.63, 3.8) is 0 Å². The average Bonchev–Trinajstić information content (AvgIpc) is 2.97. The molecular weight excluding hydrogens is 346 g/mol. The first-order valence-electron chi connectivity index (χ1n) is 8.10. The zero-order chi connectivity index (χ0) is 18.3. The highest BCUT2D eigenvalue weighted by atomic mass is 32.1. The Bertz CT molecular complexity index is 1150. The molecule has 0 unspecified atom stereocenters. The molecule has 2 aromatic heterocycles. The van der Waals surface area contributed by atoms with Crippen LogP contribution in [0.4, 0.5) is 11.4 Å². The van der Waals surface area contributed by atoms with E-state index in [0.29, 0.717) is 22.0 Å². The Balaban J connectivity index is 1.76. The maximum absolute atomic E-state index is 12.7. The van der Waals surface area contributed by atoms with E-state index in [2.05, 4.69) is 5.32 Å². The van der Waals surface area contributed by atoms with Crippen molar-refractivity contribution in [1.82, 2.24) is 4.98 Å². The van der Waals surface area contributed by atoms with Crippen LogP contribution in [0.15, 0.2) is 48.5 Å². The molecule has 26 heavy (non-hydrogen) atoms. The summed E-state index contributed by atoms with van der Waals surface area (Å²) in [5, 5.41) is 4.70. The molecule has 1 amide bonds. The van der Waals surface area contributed by atoms with Gasteiger partial charge in [-0.3, -0.25) is 4.79 Å². The van der Waals surface area contributed by atoms with Crippen molar-refractivity contribution in [3.8, 4) is 5.75 Å². The molecule has 2 aromatic carbocycles. The molecule has 0 aliphatic rings. The lowest BCUT2D eigenvalue weighted by Gasteiger charge is -2.06. The van der Waals surface area contributed by atoms with Crippen LogP contribution in [-0.2, 0) is 0 Å². The minimum absolute atomic E-state index is 0.250. The van der Waals surface area contributed by atoms with Crippen LogP contribution in [-0.4, -0.2) is 18.0 Å². The average molecular weight is 363 g/mol. The molecule has 6 heteroatoms. The minimum atomic E-state index is -0.250. The number of carbonyl (C=O) groups is 1. The van der Waals surface area contributed by atoms with Crippen LogP contribution in [0.5, 0.6) is 5.75 Å². The first-order valence-corrected chi connectivity index (χ1v) is 8.92. The molecule has 130 valence electrons. The second-order valence-corrected chi connectivity index (χ2v) is 7.02. The molecule has 0 saturated carbocycles. The van der Waals surface area contributed by atoms with E-state index in [1.807, 2.05) is 43.3 Å². The Labute approximate surface area is 154 Å². The number of para-hydroxylation sites is 1. The first kappa shape index (κ1) is 16.4. The van der Waals surface area contributed by atoms with Gasteiger partial charge in [-0.05, 0) is 30.7 Å². The van der Waals surface area contributed by atoms with Gasteiger partial charge in [-0.15, -0.1) is 11.3 Å². The number of rotatable bonds is 3. The maximum Gasteiger partial charge on any atom is 0.267 e. The van der Waals surface area contributed by atoms with Gasteiger partial charge in [0.15, 0.2) is 0 Å². The number of nitrogens with one attached hydrogen (secondary N) is 1. The number of aryl methyl sites for hydroxylation is 1. The van der Waals surface area contributed by atoms with Crippen molar-refractivity contribution in [2.24, 2.45) is 0 Å².